The molecule has 0 fully saturated rings. The second kappa shape index (κ2) is 10.6. The van der Waals surface area contributed by atoms with Crippen molar-refractivity contribution < 1.29 is 25.0 Å². The molecule has 0 saturated heterocycles. The molecule has 0 unspecified atom stereocenters. The van der Waals surface area contributed by atoms with Crippen molar-refractivity contribution in [1.29, 1.82) is 0 Å². The minimum atomic E-state index is -0.619. The Morgan fingerprint density at radius 2 is 2.00 bits per heavy atom. The summed E-state index contributed by atoms with van der Waals surface area (Å²) in [5.41, 5.74) is 3.03. The lowest BCUT2D eigenvalue weighted by Gasteiger charge is -2.18. The Hall–Kier alpha value is -2.15. The standard InChI is InChI=1S/C18H25NO5/c1-13(12-17(21)19-23)4-3-5-14(2)18(22)15-6-8-16(9-7-15)24-11-10-20/h3-4,6-9,12,14,18,20,22-23H,5,10-11H2,1-2H3,(H,19,21)/b4-3+,13-12+/t14-,18-/m0/s1. The fourth-order valence-electron chi connectivity index (χ4n) is 2.14. The zero-order valence-corrected chi connectivity index (χ0v) is 14.0. The van der Waals surface area contributed by atoms with Crippen LogP contribution in [-0.2, 0) is 4.79 Å². The Morgan fingerprint density at radius 1 is 1.33 bits per heavy atom. The highest BCUT2D eigenvalue weighted by atomic mass is 16.5. The maximum absolute atomic E-state index is 11.0. The number of aliphatic hydroxyl groups excluding tert-OH is 2. The van der Waals surface area contributed by atoms with Crippen LogP contribution in [0.5, 0.6) is 5.75 Å². The predicted octanol–water partition coefficient (Wildman–Crippen LogP) is 2.13. The van der Waals surface area contributed by atoms with Crippen LogP contribution >= 0.6 is 0 Å². The van der Waals surface area contributed by atoms with Crippen LogP contribution in [0.1, 0.15) is 31.9 Å². The van der Waals surface area contributed by atoms with Crippen molar-refractivity contribution in [2.45, 2.75) is 26.4 Å². The molecule has 0 aliphatic carbocycles. The molecule has 1 aromatic carbocycles. The fraction of sp³-hybridized carbons (Fsp3) is 0.389. The van der Waals surface area contributed by atoms with Crippen molar-refractivity contribution in [3.63, 3.8) is 0 Å². The molecule has 1 rings (SSSR count). The summed E-state index contributed by atoms with van der Waals surface area (Å²) in [6, 6.07) is 7.12. The number of carbonyl (C=O) groups is 1. The molecule has 1 aromatic rings. The van der Waals surface area contributed by atoms with E-state index in [0.717, 1.165) is 5.56 Å². The number of hydrogen-bond acceptors (Lipinski definition) is 5. The van der Waals surface area contributed by atoms with Crippen LogP contribution in [0, 0.1) is 5.92 Å². The number of nitrogens with one attached hydrogen (secondary N) is 1. The molecule has 0 aromatic heterocycles. The SMILES string of the molecule is CC(/C=C/C[C@H](C)[C@H](O)c1ccc(OCCO)cc1)=C\C(=O)NO. The lowest BCUT2D eigenvalue weighted by atomic mass is 9.94. The van der Waals surface area contributed by atoms with E-state index in [0.29, 0.717) is 17.7 Å². The molecule has 0 spiro atoms. The monoisotopic (exact) mass is 335 g/mol. The van der Waals surface area contributed by atoms with E-state index in [-0.39, 0.29) is 19.1 Å². The fourth-order valence-corrected chi connectivity index (χ4v) is 2.14. The minimum absolute atomic E-state index is 0.00933. The first-order valence-corrected chi connectivity index (χ1v) is 7.78. The van der Waals surface area contributed by atoms with Crippen molar-refractivity contribution in [2.75, 3.05) is 13.2 Å². The van der Waals surface area contributed by atoms with Crippen molar-refractivity contribution in [1.82, 2.24) is 5.48 Å². The number of carbonyl (C=O) groups excluding carboxylic acids is 1. The van der Waals surface area contributed by atoms with Gasteiger partial charge < -0.3 is 14.9 Å². The summed E-state index contributed by atoms with van der Waals surface area (Å²) in [5, 5.41) is 27.5. The highest BCUT2D eigenvalue weighted by Crippen LogP contribution is 2.26. The number of allylic oxidation sites excluding steroid dienone is 3. The molecule has 24 heavy (non-hydrogen) atoms. The third-order valence-corrected chi connectivity index (χ3v) is 3.48. The quantitative estimate of drug-likeness (QED) is 0.240. The normalized spacial score (nSPS) is 14.5. The molecular weight excluding hydrogens is 310 g/mol. The van der Waals surface area contributed by atoms with Crippen molar-refractivity contribution in [3.8, 4) is 5.75 Å². The summed E-state index contributed by atoms with van der Waals surface area (Å²) in [6.45, 7) is 3.88. The van der Waals surface area contributed by atoms with Crippen LogP contribution < -0.4 is 10.2 Å². The number of aliphatic hydroxyl groups is 2. The molecule has 6 nitrogen and oxygen atoms in total. The first kappa shape index (κ1) is 19.9. The Labute approximate surface area is 142 Å². The van der Waals surface area contributed by atoms with Gasteiger partial charge >= 0.3 is 0 Å². The van der Waals surface area contributed by atoms with Crippen LogP contribution in [0.4, 0.5) is 0 Å². The van der Waals surface area contributed by atoms with Crippen molar-refractivity contribution in [3.05, 3.63) is 53.6 Å². The summed E-state index contributed by atoms with van der Waals surface area (Å²) < 4.78 is 5.28. The molecule has 2 atom stereocenters. The van der Waals surface area contributed by atoms with Crippen LogP contribution in [-0.4, -0.2) is 34.5 Å². The van der Waals surface area contributed by atoms with Gasteiger partial charge in [-0.05, 0) is 42.5 Å². The lowest BCUT2D eigenvalue weighted by Crippen LogP contribution is -2.15. The van der Waals surface area contributed by atoms with Gasteiger partial charge in [0.2, 0.25) is 0 Å². The van der Waals surface area contributed by atoms with E-state index in [4.69, 9.17) is 15.1 Å². The van der Waals surface area contributed by atoms with E-state index < -0.39 is 12.0 Å². The maximum atomic E-state index is 11.0. The first-order chi connectivity index (χ1) is 11.5. The molecule has 1 amide bonds. The van der Waals surface area contributed by atoms with Gasteiger partial charge in [0.05, 0.1) is 12.7 Å². The Balaban J connectivity index is 2.56. The Morgan fingerprint density at radius 3 is 2.58 bits per heavy atom. The van der Waals surface area contributed by atoms with Gasteiger partial charge in [-0.2, -0.15) is 0 Å². The van der Waals surface area contributed by atoms with E-state index in [1.165, 1.54) is 11.6 Å². The minimum Gasteiger partial charge on any atom is -0.491 e. The molecule has 0 saturated carbocycles. The van der Waals surface area contributed by atoms with E-state index in [1.807, 2.05) is 13.0 Å². The van der Waals surface area contributed by atoms with E-state index >= 15 is 0 Å². The van der Waals surface area contributed by atoms with Gasteiger partial charge in [-0.15, -0.1) is 0 Å². The Bertz CT molecular complexity index is 565. The van der Waals surface area contributed by atoms with Crippen molar-refractivity contribution in [2.24, 2.45) is 5.92 Å². The number of rotatable bonds is 9. The number of benzene rings is 1. The average molecular weight is 335 g/mol. The molecule has 6 heteroatoms. The molecule has 0 radical (unpaired) electrons. The molecule has 0 bridgehead atoms. The summed E-state index contributed by atoms with van der Waals surface area (Å²) >= 11 is 0. The zero-order chi connectivity index (χ0) is 17.9. The number of amides is 1. The molecule has 132 valence electrons. The molecule has 0 heterocycles. The number of hydroxylamine groups is 1. The summed E-state index contributed by atoms with van der Waals surface area (Å²) in [7, 11) is 0. The summed E-state index contributed by atoms with van der Waals surface area (Å²) in [5.74, 6) is 0.0640. The number of ether oxygens (including phenoxy) is 1. The maximum Gasteiger partial charge on any atom is 0.267 e. The van der Waals surface area contributed by atoms with E-state index in [2.05, 4.69) is 0 Å². The molecule has 4 N–H and O–H groups in total. The summed E-state index contributed by atoms with van der Waals surface area (Å²) in [4.78, 5) is 11.0. The highest BCUT2D eigenvalue weighted by Gasteiger charge is 2.15. The van der Waals surface area contributed by atoms with Gasteiger partial charge in [0.15, 0.2) is 0 Å². The second-order valence-electron chi connectivity index (χ2n) is 5.57. The van der Waals surface area contributed by atoms with Gasteiger partial charge in [-0.25, -0.2) is 5.48 Å². The molecule has 0 aliphatic rings. The van der Waals surface area contributed by atoms with Crippen LogP contribution in [0.15, 0.2) is 48.1 Å². The Kier molecular flexibility index (Phi) is 8.78. The van der Waals surface area contributed by atoms with Crippen LogP contribution in [0.25, 0.3) is 0 Å². The van der Waals surface area contributed by atoms with Gasteiger partial charge in [-0.3, -0.25) is 10.0 Å². The van der Waals surface area contributed by atoms with Gasteiger partial charge in [0.1, 0.15) is 12.4 Å². The highest BCUT2D eigenvalue weighted by molar-refractivity contribution is 5.87. The van der Waals surface area contributed by atoms with E-state index in [9.17, 15) is 9.90 Å². The largest absolute Gasteiger partial charge is 0.491 e. The predicted molar refractivity (Wildman–Crippen MR) is 90.6 cm³/mol. The first-order valence-electron chi connectivity index (χ1n) is 7.78. The zero-order valence-electron chi connectivity index (χ0n) is 14.0. The topological polar surface area (TPSA) is 99.0 Å². The van der Waals surface area contributed by atoms with Gasteiger partial charge in [0.25, 0.3) is 5.91 Å². The summed E-state index contributed by atoms with van der Waals surface area (Å²) in [6.07, 6.45) is 4.94. The van der Waals surface area contributed by atoms with Crippen molar-refractivity contribution >= 4 is 5.91 Å². The molecule has 0 aliphatic heterocycles. The van der Waals surface area contributed by atoms with Crippen LogP contribution in [0.2, 0.25) is 0 Å². The third kappa shape index (κ3) is 6.95. The van der Waals surface area contributed by atoms with Crippen LogP contribution in [0.3, 0.4) is 0 Å². The lowest BCUT2D eigenvalue weighted by molar-refractivity contribution is -0.124. The number of hydrogen-bond donors (Lipinski definition) is 4. The van der Waals surface area contributed by atoms with Gasteiger partial charge in [0, 0.05) is 6.08 Å². The van der Waals surface area contributed by atoms with Gasteiger partial charge in [-0.1, -0.05) is 31.2 Å². The third-order valence-electron chi connectivity index (χ3n) is 3.48. The second-order valence-corrected chi connectivity index (χ2v) is 5.57. The smallest absolute Gasteiger partial charge is 0.267 e. The molecular formula is C18H25NO5. The average Bonchev–Trinajstić information content (AvgIpc) is 2.59. The van der Waals surface area contributed by atoms with E-state index in [1.54, 1.807) is 37.3 Å².